The van der Waals surface area contributed by atoms with E-state index in [9.17, 15) is 0 Å². The molecule has 0 amide bonds. The van der Waals surface area contributed by atoms with Crippen molar-refractivity contribution in [2.24, 2.45) is 10.9 Å². The van der Waals surface area contributed by atoms with Gasteiger partial charge in [-0.15, -0.1) is 11.3 Å². The van der Waals surface area contributed by atoms with Crippen LogP contribution in [0.15, 0.2) is 43.7 Å². The van der Waals surface area contributed by atoms with Crippen molar-refractivity contribution in [3.05, 3.63) is 49.0 Å². The van der Waals surface area contributed by atoms with Crippen LogP contribution < -0.4 is 10.6 Å². The van der Waals surface area contributed by atoms with Gasteiger partial charge in [0, 0.05) is 31.8 Å². The molecule has 0 aliphatic carbocycles. The van der Waals surface area contributed by atoms with Crippen LogP contribution in [-0.4, -0.2) is 18.1 Å². The maximum atomic E-state index is 8.69. The molecule has 4 nitrogen and oxygen atoms in total. The van der Waals surface area contributed by atoms with E-state index in [1.807, 2.05) is 25.2 Å². The summed E-state index contributed by atoms with van der Waals surface area (Å²) < 4.78 is 2.01. The molecule has 0 fully saturated rings. The Balaban J connectivity index is 2.20. The van der Waals surface area contributed by atoms with E-state index in [0.717, 1.165) is 21.2 Å². The molecule has 1 aromatic heterocycles. The standard InChI is InChI=1S/C13H13Br2N3OS/c1-18(6-10-5-9(14)7-20-10)12-3-2-8(4-11(12)15)13(16)17-19/h2-5,7,19H,6H2,1H3,(H2,16,17). The summed E-state index contributed by atoms with van der Waals surface area (Å²) in [5.41, 5.74) is 7.30. The Labute approximate surface area is 138 Å². The number of halogens is 2. The minimum absolute atomic E-state index is 0.0992. The zero-order chi connectivity index (χ0) is 14.7. The summed E-state index contributed by atoms with van der Waals surface area (Å²) in [5.74, 6) is 0.0992. The third-order valence-corrected chi connectivity index (χ3v) is 5.09. The van der Waals surface area contributed by atoms with E-state index in [4.69, 9.17) is 10.9 Å². The third-order valence-electron chi connectivity index (χ3n) is 2.78. The fourth-order valence-electron chi connectivity index (χ4n) is 1.79. The lowest BCUT2D eigenvalue weighted by Crippen LogP contribution is -2.17. The molecule has 0 saturated carbocycles. The highest BCUT2D eigenvalue weighted by molar-refractivity contribution is 9.10. The van der Waals surface area contributed by atoms with Gasteiger partial charge in [0.05, 0.1) is 12.2 Å². The lowest BCUT2D eigenvalue weighted by Gasteiger charge is -2.20. The van der Waals surface area contributed by atoms with Gasteiger partial charge in [-0.1, -0.05) is 5.16 Å². The molecule has 0 unspecified atom stereocenters. The second kappa shape index (κ2) is 6.60. The molecule has 2 aromatic rings. The van der Waals surface area contributed by atoms with Gasteiger partial charge >= 0.3 is 0 Å². The predicted octanol–water partition coefficient (Wildman–Crippen LogP) is 4.00. The third kappa shape index (κ3) is 3.53. The topological polar surface area (TPSA) is 61.8 Å². The number of hydrogen-bond donors (Lipinski definition) is 2. The molecule has 20 heavy (non-hydrogen) atoms. The van der Waals surface area contributed by atoms with Crippen molar-refractivity contribution in [1.82, 2.24) is 0 Å². The highest BCUT2D eigenvalue weighted by atomic mass is 79.9. The summed E-state index contributed by atoms with van der Waals surface area (Å²) in [5, 5.41) is 13.8. The van der Waals surface area contributed by atoms with Crippen LogP contribution >= 0.6 is 43.2 Å². The van der Waals surface area contributed by atoms with Crippen LogP contribution in [0.1, 0.15) is 10.4 Å². The summed E-state index contributed by atoms with van der Waals surface area (Å²) in [7, 11) is 2.02. The Kier molecular flexibility index (Phi) is 5.06. The number of thiophene rings is 1. The lowest BCUT2D eigenvalue weighted by atomic mass is 10.2. The number of rotatable bonds is 4. The molecule has 0 atom stereocenters. The number of nitrogens with two attached hydrogens (primary N) is 1. The number of nitrogens with zero attached hydrogens (tertiary/aromatic N) is 2. The molecule has 7 heteroatoms. The molecular formula is C13H13Br2N3OS. The first-order valence-electron chi connectivity index (χ1n) is 5.72. The highest BCUT2D eigenvalue weighted by Gasteiger charge is 2.10. The van der Waals surface area contributed by atoms with E-state index in [1.165, 1.54) is 4.88 Å². The molecule has 1 heterocycles. The number of hydrogen-bond acceptors (Lipinski definition) is 4. The average molecular weight is 419 g/mol. The van der Waals surface area contributed by atoms with Crippen LogP contribution in [0.25, 0.3) is 0 Å². The van der Waals surface area contributed by atoms with Crippen LogP contribution in [0.2, 0.25) is 0 Å². The zero-order valence-corrected chi connectivity index (χ0v) is 14.7. The molecular weight excluding hydrogens is 406 g/mol. The molecule has 2 rings (SSSR count). The van der Waals surface area contributed by atoms with Gasteiger partial charge in [-0.2, -0.15) is 0 Å². The smallest absolute Gasteiger partial charge is 0.170 e. The molecule has 0 radical (unpaired) electrons. The zero-order valence-electron chi connectivity index (χ0n) is 10.7. The quantitative estimate of drug-likeness (QED) is 0.341. The van der Waals surface area contributed by atoms with Gasteiger partial charge in [-0.3, -0.25) is 0 Å². The van der Waals surface area contributed by atoms with E-state index in [1.54, 1.807) is 11.3 Å². The van der Waals surface area contributed by atoms with Crippen LogP contribution in [-0.2, 0) is 6.54 Å². The minimum Gasteiger partial charge on any atom is -0.409 e. The van der Waals surface area contributed by atoms with Gasteiger partial charge in [-0.05, 0) is 56.1 Å². The Morgan fingerprint density at radius 2 is 2.15 bits per heavy atom. The second-order valence-electron chi connectivity index (χ2n) is 4.24. The maximum Gasteiger partial charge on any atom is 0.170 e. The largest absolute Gasteiger partial charge is 0.409 e. The summed E-state index contributed by atoms with van der Waals surface area (Å²) >= 11 is 8.70. The van der Waals surface area contributed by atoms with Crippen LogP contribution in [0.4, 0.5) is 5.69 Å². The first-order chi connectivity index (χ1) is 9.51. The second-order valence-corrected chi connectivity index (χ2v) is 7.00. The Morgan fingerprint density at radius 1 is 1.40 bits per heavy atom. The fourth-order valence-corrected chi connectivity index (χ4v) is 3.97. The van der Waals surface area contributed by atoms with Gasteiger partial charge in [0.25, 0.3) is 0 Å². The molecule has 1 aromatic carbocycles. The van der Waals surface area contributed by atoms with E-state index in [2.05, 4.69) is 53.4 Å². The molecule has 0 bridgehead atoms. The Morgan fingerprint density at radius 3 is 2.70 bits per heavy atom. The molecule has 0 aliphatic rings. The maximum absolute atomic E-state index is 8.69. The van der Waals surface area contributed by atoms with Gasteiger partial charge in [-0.25, -0.2) is 0 Å². The average Bonchev–Trinajstić information content (AvgIpc) is 2.82. The number of amidine groups is 1. The van der Waals surface area contributed by atoms with E-state index in [0.29, 0.717) is 5.56 Å². The Hall–Kier alpha value is -1.05. The minimum atomic E-state index is 0.0992. The van der Waals surface area contributed by atoms with Gasteiger partial charge in [0.1, 0.15) is 0 Å². The summed E-state index contributed by atoms with van der Waals surface area (Å²) in [6.07, 6.45) is 0. The highest BCUT2D eigenvalue weighted by Crippen LogP contribution is 2.29. The molecule has 3 N–H and O–H groups in total. The van der Waals surface area contributed by atoms with Crippen LogP contribution in [0.5, 0.6) is 0 Å². The molecule has 0 spiro atoms. The number of anilines is 1. The molecule has 0 aliphatic heterocycles. The van der Waals surface area contributed by atoms with Crippen molar-refractivity contribution in [1.29, 1.82) is 0 Å². The first kappa shape index (κ1) is 15.3. The van der Waals surface area contributed by atoms with Gasteiger partial charge < -0.3 is 15.8 Å². The van der Waals surface area contributed by atoms with Gasteiger partial charge in [0.2, 0.25) is 0 Å². The normalized spacial score (nSPS) is 11.7. The van der Waals surface area contributed by atoms with E-state index >= 15 is 0 Å². The summed E-state index contributed by atoms with van der Waals surface area (Å²) in [6.45, 7) is 0.817. The van der Waals surface area contributed by atoms with E-state index < -0.39 is 0 Å². The fraction of sp³-hybridized carbons (Fsp3) is 0.154. The molecule has 106 valence electrons. The van der Waals surface area contributed by atoms with Crippen molar-refractivity contribution in [3.8, 4) is 0 Å². The molecule has 0 saturated heterocycles. The van der Waals surface area contributed by atoms with E-state index in [-0.39, 0.29) is 5.84 Å². The lowest BCUT2D eigenvalue weighted by molar-refractivity contribution is 0.318. The van der Waals surface area contributed by atoms with Gasteiger partial charge in [0.15, 0.2) is 5.84 Å². The number of oxime groups is 1. The van der Waals surface area contributed by atoms with Crippen LogP contribution in [0.3, 0.4) is 0 Å². The van der Waals surface area contributed by atoms with Crippen LogP contribution in [0, 0.1) is 0 Å². The van der Waals surface area contributed by atoms with Crippen molar-refractivity contribution in [3.63, 3.8) is 0 Å². The monoisotopic (exact) mass is 417 g/mol. The predicted molar refractivity (Wildman–Crippen MR) is 90.8 cm³/mol. The first-order valence-corrected chi connectivity index (χ1v) is 8.19. The summed E-state index contributed by atoms with van der Waals surface area (Å²) in [6, 6.07) is 7.72. The van der Waals surface area contributed by atoms with Crippen molar-refractivity contribution in [2.75, 3.05) is 11.9 Å². The Bertz CT molecular complexity index is 642. The SMILES string of the molecule is CN(Cc1cc(Br)cs1)c1ccc(/C(N)=N/O)cc1Br. The van der Waals surface area contributed by atoms with Crippen molar-refractivity contribution in [2.45, 2.75) is 6.54 Å². The van der Waals surface area contributed by atoms with Crippen molar-refractivity contribution < 1.29 is 5.21 Å². The number of benzene rings is 1. The van der Waals surface area contributed by atoms with Crippen molar-refractivity contribution >= 4 is 54.7 Å². The summed E-state index contributed by atoms with van der Waals surface area (Å²) in [4.78, 5) is 3.41.